The van der Waals surface area contributed by atoms with Crippen LogP contribution in [-0.4, -0.2) is 12.0 Å². The van der Waals surface area contributed by atoms with Gasteiger partial charge in [0.05, 0.1) is 10.5 Å². The van der Waals surface area contributed by atoms with E-state index in [0.717, 1.165) is 17.1 Å². The Bertz CT molecular complexity index is 460. The number of H-pyrrole nitrogens is 1. The molecule has 14 heavy (non-hydrogen) atoms. The number of halogens is 1. The van der Waals surface area contributed by atoms with E-state index in [2.05, 4.69) is 23.3 Å². The first-order valence-electron chi connectivity index (χ1n) is 4.64. The lowest BCUT2D eigenvalue weighted by Gasteiger charge is -1.99. The number of aromatic amines is 1. The van der Waals surface area contributed by atoms with Crippen molar-refractivity contribution < 1.29 is 0 Å². The Morgan fingerprint density at radius 1 is 1.43 bits per heavy atom. The highest BCUT2D eigenvalue weighted by molar-refractivity contribution is 6.35. The van der Waals surface area contributed by atoms with Crippen LogP contribution >= 0.6 is 11.6 Å². The van der Waals surface area contributed by atoms with E-state index in [1.807, 2.05) is 19.2 Å². The summed E-state index contributed by atoms with van der Waals surface area (Å²) in [7, 11) is 1.95. The smallest absolute Gasteiger partial charge is 0.0648 e. The first-order chi connectivity index (χ1) is 6.74. The normalized spacial score (nSPS) is 11.1. The van der Waals surface area contributed by atoms with Gasteiger partial charge in [-0.15, -0.1) is 0 Å². The maximum Gasteiger partial charge on any atom is 0.0648 e. The van der Waals surface area contributed by atoms with Gasteiger partial charge in [0, 0.05) is 17.6 Å². The molecule has 0 unspecified atom stereocenters. The number of aromatic nitrogens is 1. The number of fused-ring (bicyclic) bond motifs is 1. The highest BCUT2D eigenvalue weighted by Crippen LogP contribution is 2.27. The van der Waals surface area contributed by atoms with E-state index in [4.69, 9.17) is 11.6 Å². The van der Waals surface area contributed by atoms with Gasteiger partial charge in [-0.3, -0.25) is 0 Å². The third-order valence-electron chi connectivity index (χ3n) is 2.46. The van der Waals surface area contributed by atoms with Gasteiger partial charge in [0.15, 0.2) is 0 Å². The van der Waals surface area contributed by atoms with Crippen molar-refractivity contribution in [3.8, 4) is 0 Å². The summed E-state index contributed by atoms with van der Waals surface area (Å²) in [5.74, 6) is 0. The van der Waals surface area contributed by atoms with Crippen LogP contribution < -0.4 is 5.32 Å². The molecule has 0 atom stereocenters. The van der Waals surface area contributed by atoms with Gasteiger partial charge in [-0.05, 0) is 25.6 Å². The summed E-state index contributed by atoms with van der Waals surface area (Å²) in [5, 5.41) is 5.16. The lowest BCUT2D eigenvalue weighted by Crippen LogP contribution is -2.05. The molecule has 2 N–H and O–H groups in total. The van der Waals surface area contributed by atoms with Crippen molar-refractivity contribution >= 4 is 22.5 Å². The van der Waals surface area contributed by atoms with Crippen molar-refractivity contribution in [1.82, 2.24) is 10.3 Å². The maximum atomic E-state index is 6.09. The molecule has 3 heteroatoms. The number of hydrogen-bond acceptors (Lipinski definition) is 1. The molecule has 0 aliphatic heterocycles. The van der Waals surface area contributed by atoms with Gasteiger partial charge >= 0.3 is 0 Å². The van der Waals surface area contributed by atoms with Crippen LogP contribution in [0.25, 0.3) is 10.9 Å². The third-order valence-corrected chi connectivity index (χ3v) is 2.77. The van der Waals surface area contributed by atoms with Crippen LogP contribution in [0, 0.1) is 6.92 Å². The van der Waals surface area contributed by atoms with E-state index in [1.54, 1.807) is 0 Å². The molecule has 1 heterocycles. The first kappa shape index (κ1) is 9.56. The van der Waals surface area contributed by atoms with Crippen LogP contribution in [0.5, 0.6) is 0 Å². The highest BCUT2D eigenvalue weighted by atomic mass is 35.5. The van der Waals surface area contributed by atoms with Gasteiger partial charge in [-0.1, -0.05) is 23.7 Å². The van der Waals surface area contributed by atoms with Crippen molar-refractivity contribution in [3.05, 3.63) is 34.5 Å². The summed E-state index contributed by atoms with van der Waals surface area (Å²) in [4.78, 5) is 3.31. The molecule has 0 saturated carbocycles. The molecule has 0 aliphatic rings. The second-order valence-electron chi connectivity index (χ2n) is 3.42. The average molecular weight is 209 g/mol. The Morgan fingerprint density at radius 2 is 2.21 bits per heavy atom. The third kappa shape index (κ3) is 1.41. The zero-order chi connectivity index (χ0) is 10.1. The van der Waals surface area contributed by atoms with Crippen molar-refractivity contribution in [2.75, 3.05) is 7.05 Å². The SMILES string of the molecule is CNCc1c(C)[nH]c2c(Cl)cccc12. The number of benzene rings is 1. The quantitative estimate of drug-likeness (QED) is 0.781. The van der Waals surface area contributed by atoms with Gasteiger partial charge in [0.25, 0.3) is 0 Å². The lowest BCUT2D eigenvalue weighted by molar-refractivity contribution is 0.817. The van der Waals surface area contributed by atoms with Crippen molar-refractivity contribution in [3.63, 3.8) is 0 Å². The largest absolute Gasteiger partial charge is 0.357 e. The number of aryl methyl sites for hydroxylation is 1. The molecule has 0 spiro atoms. The molecule has 0 aliphatic carbocycles. The summed E-state index contributed by atoms with van der Waals surface area (Å²) in [6.45, 7) is 2.94. The van der Waals surface area contributed by atoms with Gasteiger partial charge in [-0.2, -0.15) is 0 Å². The van der Waals surface area contributed by atoms with Crippen LogP contribution in [-0.2, 0) is 6.54 Å². The van der Waals surface area contributed by atoms with E-state index < -0.39 is 0 Å². The molecule has 2 rings (SSSR count). The molecule has 0 saturated heterocycles. The average Bonchev–Trinajstić information content (AvgIpc) is 2.47. The summed E-state index contributed by atoms with van der Waals surface area (Å²) < 4.78 is 0. The number of nitrogens with one attached hydrogen (secondary N) is 2. The molecule has 0 amide bonds. The summed E-state index contributed by atoms with van der Waals surface area (Å²) in [5.41, 5.74) is 3.52. The summed E-state index contributed by atoms with van der Waals surface area (Å²) in [6, 6.07) is 5.98. The monoisotopic (exact) mass is 208 g/mol. The molecular weight excluding hydrogens is 196 g/mol. The molecule has 1 aromatic carbocycles. The Kier molecular flexibility index (Phi) is 2.48. The van der Waals surface area contributed by atoms with Crippen molar-refractivity contribution in [2.24, 2.45) is 0 Å². The number of hydrogen-bond donors (Lipinski definition) is 2. The van der Waals surface area contributed by atoms with Crippen LogP contribution in [0.4, 0.5) is 0 Å². The van der Waals surface area contributed by atoms with E-state index in [-0.39, 0.29) is 0 Å². The van der Waals surface area contributed by atoms with E-state index >= 15 is 0 Å². The molecule has 0 bridgehead atoms. The van der Waals surface area contributed by atoms with Gasteiger partial charge in [0.1, 0.15) is 0 Å². The summed E-state index contributed by atoms with van der Waals surface area (Å²) in [6.07, 6.45) is 0. The minimum atomic E-state index is 0.785. The van der Waals surface area contributed by atoms with Gasteiger partial charge in [0.2, 0.25) is 0 Å². The van der Waals surface area contributed by atoms with Crippen LogP contribution in [0.3, 0.4) is 0 Å². The molecule has 1 aromatic heterocycles. The highest BCUT2D eigenvalue weighted by Gasteiger charge is 2.08. The Morgan fingerprint density at radius 3 is 2.93 bits per heavy atom. The molecule has 74 valence electrons. The molecule has 0 radical (unpaired) electrons. The van der Waals surface area contributed by atoms with Gasteiger partial charge in [-0.25, -0.2) is 0 Å². The molecule has 0 fully saturated rings. The van der Waals surface area contributed by atoms with Crippen LogP contribution in [0.1, 0.15) is 11.3 Å². The van der Waals surface area contributed by atoms with Crippen LogP contribution in [0.2, 0.25) is 5.02 Å². The Hall–Kier alpha value is -0.990. The van der Waals surface area contributed by atoms with Crippen LogP contribution in [0.15, 0.2) is 18.2 Å². The Labute approximate surface area is 88.3 Å². The minimum absolute atomic E-state index is 0.785. The Balaban J connectivity index is 2.70. The summed E-state index contributed by atoms with van der Waals surface area (Å²) >= 11 is 6.09. The number of para-hydroxylation sites is 1. The topological polar surface area (TPSA) is 27.8 Å². The lowest BCUT2D eigenvalue weighted by atomic mass is 10.1. The minimum Gasteiger partial charge on any atom is -0.357 e. The fourth-order valence-corrected chi connectivity index (χ4v) is 1.99. The molecular formula is C11H13ClN2. The zero-order valence-electron chi connectivity index (χ0n) is 8.32. The number of rotatable bonds is 2. The maximum absolute atomic E-state index is 6.09. The van der Waals surface area contributed by atoms with E-state index in [1.165, 1.54) is 16.6 Å². The fourth-order valence-electron chi connectivity index (χ4n) is 1.77. The first-order valence-corrected chi connectivity index (χ1v) is 5.02. The van der Waals surface area contributed by atoms with Gasteiger partial charge < -0.3 is 10.3 Å². The predicted molar refractivity (Wildman–Crippen MR) is 60.8 cm³/mol. The second-order valence-corrected chi connectivity index (χ2v) is 3.83. The van der Waals surface area contributed by atoms with Crippen molar-refractivity contribution in [2.45, 2.75) is 13.5 Å². The second kappa shape index (κ2) is 3.64. The molecule has 2 aromatic rings. The van der Waals surface area contributed by atoms with E-state index in [0.29, 0.717) is 0 Å². The standard InChI is InChI=1S/C11H13ClN2/c1-7-9(6-13-2)8-4-3-5-10(12)11(8)14-7/h3-5,13-14H,6H2,1-2H3. The molecule has 2 nitrogen and oxygen atoms in total. The van der Waals surface area contributed by atoms with E-state index in [9.17, 15) is 0 Å². The fraction of sp³-hybridized carbons (Fsp3) is 0.273. The van der Waals surface area contributed by atoms with Crippen molar-refractivity contribution in [1.29, 1.82) is 0 Å². The zero-order valence-corrected chi connectivity index (χ0v) is 9.07. The predicted octanol–water partition coefficient (Wildman–Crippen LogP) is 2.85.